The average Bonchev–Trinajstić information content (AvgIpc) is 3.12. The van der Waals surface area contributed by atoms with Gasteiger partial charge in [0.05, 0.1) is 13.2 Å². The monoisotopic (exact) mass is 418 g/mol. The highest BCUT2D eigenvalue weighted by Crippen LogP contribution is 2.58. The van der Waals surface area contributed by atoms with Gasteiger partial charge in [-0.05, 0) is 63.4 Å². The van der Waals surface area contributed by atoms with Crippen LogP contribution < -0.4 is 0 Å². The lowest BCUT2D eigenvalue weighted by Crippen LogP contribution is -2.48. The predicted octanol–water partition coefficient (Wildman–Crippen LogP) is 4.37. The SMILES string of the molecule is CCOP(=O)(OCC)OC1=C2CCC[C@@H]2[C@@H]2CCCC(=O)[C@@H]2[C@@H]1S(=O)CC. The second-order valence-electron chi connectivity index (χ2n) is 7.40. The van der Waals surface area contributed by atoms with Crippen molar-refractivity contribution in [1.29, 1.82) is 0 Å². The summed E-state index contributed by atoms with van der Waals surface area (Å²) >= 11 is 0. The topological polar surface area (TPSA) is 78.9 Å². The van der Waals surface area contributed by atoms with Crippen molar-refractivity contribution in [2.24, 2.45) is 17.8 Å². The van der Waals surface area contributed by atoms with Gasteiger partial charge in [0.15, 0.2) is 0 Å². The normalized spacial score (nSPS) is 32.2. The lowest BCUT2D eigenvalue weighted by Gasteiger charge is -2.44. The fourth-order valence-corrected chi connectivity index (χ4v) is 7.87. The summed E-state index contributed by atoms with van der Waals surface area (Å²) < 4.78 is 42.8. The molecule has 27 heavy (non-hydrogen) atoms. The lowest BCUT2D eigenvalue weighted by atomic mass is 9.65. The third-order valence-electron chi connectivity index (χ3n) is 5.97. The van der Waals surface area contributed by atoms with Gasteiger partial charge in [0, 0.05) is 28.9 Å². The molecule has 0 aromatic heterocycles. The molecule has 0 radical (unpaired) electrons. The minimum Gasteiger partial charge on any atom is -0.407 e. The summed E-state index contributed by atoms with van der Waals surface area (Å²) in [7, 11) is -5.07. The van der Waals surface area contributed by atoms with Crippen molar-refractivity contribution in [3.63, 3.8) is 0 Å². The molecule has 3 aliphatic rings. The van der Waals surface area contributed by atoms with E-state index in [4.69, 9.17) is 13.6 Å². The maximum Gasteiger partial charge on any atom is 0.529 e. The molecule has 3 rings (SSSR count). The summed E-state index contributed by atoms with van der Waals surface area (Å²) in [4.78, 5) is 12.9. The molecule has 3 aliphatic carbocycles. The molecule has 0 amide bonds. The second kappa shape index (κ2) is 8.89. The van der Waals surface area contributed by atoms with Gasteiger partial charge in [0.2, 0.25) is 0 Å². The Balaban J connectivity index is 2.07. The van der Waals surface area contributed by atoms with Gasteiger partial charge < -0.3 is 4.52 Å². The van der Waals surface area contributed by atoms with E-state index in [1.165, 1.54) is 0 Å². The van der Waals surface area contributed by atoms with E-state index in [1.807, 2.05) is 6.92 Å². The Kier molecular flexibility index (Phi) is 6.99. The molecule has 0 bridgehead atoms. The Hall–Kier alpha value is -0.490. The first-order valence-electron chi connectivity index (χ1n) is 10.2. The summed E-state index contributed by atoms with van der Waals surface area (Å²) in [5.74, 6) is 1.26. The summed E-state index contributed by atoms with van der Waals surface area (Å²) in [5, 5.41) is -0.536. The zero-order valence-corrected chi connectivity index (χ0v) is 18.2. The van der Waals surface area contributed by atoms with E-state index in [9.17, 15) is 13.6 Å². The average molecular weight is 418 g/mol. The number of phosphoric ester groups is 1. The van der Waals surface area contributed by atoms with Crippen molar-refractivity contribution < 1.29 is 27.1 Å². The maximum atomic E-state index is 13.1. The van der Waals surface area contributed by atoms with Crippen molar-refractivity contribution in [2.75, 3.05) is 19.0 Å². The van der Waals surface area contributed by atoms with Crippen molar-refractivity contribution in [3.8, 4) is 0 Å². The van der Waals surface area contributed by atoms with Crippen LogP contribution in [0.4, 0.5) is 0 Å². The van der Waals surface area contributed by atoms with Crippen LogP contribution in [0.25, 0.3) is 0 Å². The van der Waals surface area contributed by atoms with E-state index in [1.54, 1.807) is 13.8 Å². The Morgan fingerprint density at radius 1 is 1.07 bits per heavy atom. The van der Waals surface area contributed by atoms with Crippen molar-refractivity contribution in [3.05, 3.63) is 11.3 Å². The fourth-order valence-electron chi connectivity index (χ4n) is 5.04. The van der Waals surface area contributed by atoms with Gasteiger partial charge in [0.1, 0.15) is 16.8 Å². The Bertz CT molecular complexity index is 665. The van der Waals surface area contributed by atoms with Crippen LogP contribution in [-0.4, -0.2) is 34.2 Å². The second-order valence-corrected chi connectivity index (χ2v) is 10.8. The van der Waals surface area contributed by atoms with Crippen molar-refractivity contribution in [1.82, 2.24) is 0 Å². The highest BCUT2D eigenvalue weighted by molar-refractivity contribution is 7.85. The van der Waals surface area contributed by atoms with Crippen LogP contribution in [-0.2, 0) is 33.7 Å². The number of carbonyl (C=O) groups excluding carboxylic acids is 1. The number of carbonyl (C=O) groups is 1. The molecule has 0 spiro atoms. The molecule has 0 heterocycles. The minimum absolute atomic E-state index is 0.174. The number of rotatable bonds is 8. The van der Waals surface area contributed by atoms with Crippen LogP contribution in [0.15, 0.2) is 11.3 Å². The number of phosphoric acid groups is 1. The number of Topliss-reactive ketones (excluding diaryl/α,β-unsaturated/α-hetero) is 1. The van der Waals surface area contributed by atoms with Crippen molar-refractivity contribution in [2.45, 2.75) is 64.5 Å². The van der Waals surface area contributed by atoms with Crippen LogP contribution in [0.1, 0.15) is 59.3 Å². The number of fused-ring (bicyclic) bond motifs is 3. The molecule has 154 valence electrons. The molecule has 6 nitrogen and oxygen atoms in total. The summed E-state index contributed by atoms with van der Waals surface area (Å²) in [6.07, 6.45) is 5.29. The Labute approximate surface area is 164 Å². The van der Waals surface area contributed by atoms with Crippen LogP contribution in [0.2, 0.25) is 0 Å². The molecule has 0 aromatic rings. The van der Waals surface area contributed by atoms with Crippen LogP contribution in [0, 0.1) is 17.8 Å². The summed E-state index contributed by atoms with van der Waals surface area (Å²) in [5.41, 5.74) is 1.09. The first-order valence-corrected chi connectivity index (χ1v) is 13.0. The van der Waals surface area contributed by atoms with Crippen LogP contribution in [0.5, 0.6) is 0 Å². The van der Waals surface area contributed by atoms with Gasteiger partial charge in [0.25, 0.3) is 0 Å². The zero-order chi connectivity index (χ0) is 19.6. The van der Waals surface area contributed by atoms with E-state index in [0.717, 1.165) is 37.7 Å². The van der Waals surface area contributed by atoms with Crippen LogP contribution >= 0.6 is 7.82 Å². The van der Waals surface area contributed by atoms with E-state index in [0.29, 0.717) is 17.9 Å². The highest BCUT2D eigenvalue weighted by atomic mass is 32.2. The summed E-state index contributed by atoms with van der Waals surface area (Å²) in [6, 6.07) is 0. The number of hydrogen-bond acceptors (Lipinski definition) is 6. The van der Waals surface area contributed by atoms with E-state index in [2.05, 4.69) is 0 Å². The van der Waals surface area contributed by atoms with Gasteiger partial charge in [-0.2, -0.15) is 0 Å². The molecular weight excluding hydrogens is 387 g/mol. The zero-order valence-electron chi connectivity index (χ0n) is 16.5. The molecule has 0 saturated heterocycles. The number of ketones is 1. The predicted molar refractivity (Wildman–Crippen MR) is 105 cm³/mol. The molecule has 2 fully saturated rings. The van der Waals surface area contributed by atoms with E-state index >= 15 is 0 Å². The number of allylic oxidation sites excluding steroid dienone is 1. The summed E-state index contributed by atoms with van der Waals surface area (Å²) in [6.45, 7) is 5.70. The first kappa shape index (κ1) is 21.2. The molecule has 0 aromatic carbocycles. The standard InChI is InChI=1S/C19H31O6PS/c1-4-23-26(21,24-5-2)25-18-15-11-7-9-13(15)14-10-8-12-16(20)17(14)19(18)27(22)6-3/h13-14,17,19H,4-12H2,1-3H3/t13-,14+,17-,19+,27?/m1/s1. The van der Waals surface area contributed by atoms with E-state index in [-0.39, 0.29) is 36.8 Å². The molecule has 1 unspecified atom stereocenters. The lowest BCUT2D eigenvalue weighted by molar-refractivity contribution is -0.128. The fraction of sp³-hybridized carbons (Fsp3) is 0.842. The molecule has 8 heteroatoms. The molecule has 0 N–H and O–H groups in total. The van der Waals surface area contributed by atoms with E-state index < -0.39 is 23.9 Å². The smallest absolute Gasteiger partial charge is 0.407 e. The molecule has 0 aliphatic heterocycles. The molecule has 5 atom stereocenters. The third-order valence-corrected chi connectivity index (χ3v) is 9.18. The largest absolute Gasteiger partial charge is 0.529 e. The first-order chi connectivity index (χ1) is 13.0. The maximum absolute atomic E-state index is 13.1. The van der Waals surface area contributed by atoms with Gasteiger partial charge in [-0.1, -0.05) is 6.92 Å². The number of hydrogen-bond donors (Lipinski definition) is 0. The van der Waals surface area contributed by atoms with Crippen LogP contribution in [0.3, 0.4) is 0 Å². The van der Waals surface area contributed by atoms with Gasteiger partial charge in [-0.15, -0.1) is 0 Å². The highest BCUT2D eigenvalue weighted by Gasteiger charge is 2.53. The Morgan fingerprint density at radius 2 is 1.74 bits per heavy atom. The van der Waals surface area contributed by atoms with Gasteiger partial charge in [-0.3, -0.25) is 18.1 Å². The molecular formula is C19H31O6PS. The third kappa shape index (κ3) is 4.12. The quantitative estimate of drug-likeness (QED) is 0.545. The van der Waals surface area contributed by atoms with Crippen molar-refractivity contribution >= 4 is 24.4 Å². The minimum atomic E-state index is -3.80. The van der Waals surface area contributed by atoms with Gasteiger partial charge in [-0.25, -0.2) is 4.57 Å². The van der Waals surface area contributed by atoms with Gasteiger partial charge >= 0.3 is 7.82 Å². The Morgan fingerprint density at radius 3 is 2.37 bits per heavy atom. The molecule has 2 saturated carbocycles.